The van der Waals surface area contributed by atoms with Crippen LogP contribution in [0, 0.1) is 0 Å². The predicted octanol–water partition coefficient (Wildman–Crippen LogP) is 3.17. The lowest BCUT2D eigenvalue weighted by Crippen LogP contribution is -2.33. The summed E-state index contributed by atoms with van der Waals surface area (Å²) in [5.41, 5.74) is 0.414. The zero-order chi connectivity index (χ0) is 26.3. The molecule has 2 heterocycles. The lowest BCUT2D eigenvalue weighted by molar-refractivity contribution is 0.0950. The van der Waals surface area contributed by atoms with Crippen molar-refractivity contribution in [3.05, 3.63) is 47.3 Å². The van der Waals surface area contributed by atoms with E-state index in [0.29, 0.717) is 34.6 Å². The summed E-state index contributed by atoms with van der Waals surface area (Å²) in [5.74, 6) is 1.28. The fourth-order valence-electron chi connectivity index (χ4n) is 3.43. The molecule has 12 nitrogen and oxygen atoms in total. The second-order valence-electron chi connectivity index (χ2n) is 7.61. The Morgan fingerprint density at radius 3 is 2.28 bits per heavy atom. The molecule has 3 aromatic rings. The number of aromatic nitrogens is 5. The number of sulfonamides is 1. The summed E-state index contributed by atoms with van der Waals surface area (Å²) in [6.45, 7) is 4.03. The van der Waals surface area contributed by atoms with Gasteiger partial charge in [-0.1, -0.05) is 24.6 Å². The van der Waals surface area contributed by atoms with E-state index in [4.69, 9.17) is 30.5 Å². The first-order valence-electron chi connectivity index (χ1n) is 11.0. The standard InChI is InChI=1S/C22H29ClN6O6S/c1-6-10-35-13-18-26-27-22(29(18)19-16(32-3)8-7-9-17(19)33-4)28-36(30,31)14(2)20(34-5)21-24-11-15(23)12-25-21/h7-9,11-12,14,20H,6,10,13H2,1-5H3,(H,27,28). The van der Waals surface area contributed by atoms with Gasteiger partial charge in [-0.2, -0.15) is 0 Å². The zero-order valence-corrected chi connectivity index (χ0v) is 22.2. The highest BCUT2D eigenvalue weighted by atomic mass is 35.5. The van der Waals surface area contributed by atoms with Crippen LogP contribution < -0.4 is 14.2 Å². The van der Waals surface area contributed by atoms with Crippen LogP contribution in [0.25, 0.3) is 5.69 Å². The van der Waals surface area contributed by atoms with Crippen LogP contribution in [0.2, 0.25) is 5.02 Å². The SMILES string of the molecule is CCCOCc1nnc(NS(=O)(=O)C(C)C(OC)c2ncc(Cl)cn2)n1-c1c(OC)cccc1OC. The van der Waals surface area contributed by atoms with Gasteiger partial charge < -0.3 is 18.9 Å². The minimum Gasteiger partial charge on any atom is -0.494 e. The van der Waals surface area contributed by atoms with Crippen molar-refractivity contribution in [2.75, 3.05) is 32.7 Å². The summed E-state index contributed by atoms with van der Waals surface area (Å²) < 4.78 is 53.1. The maximum Gasteiger partial charge on any atom is 0.243 e. The molecule has 1 aromatic carbocycles. The molecule has 14 heteroatoms. The van der Waals surface area contributed by atoms with Crippen molar-refractivity contribution in [2.24, 2.45) is 0 Å². The van der Waals surface area contributed by atoms with Crippen LogP contribution in [0.1, 0.15) is 38.0 Å². The van der Waals surface area contributed by atoms with Crippen molar-refractivity contribution in [3.8, 4) is 17.2 Å². The Morgan fingerprint density at radius 2 is 1.72 bits per heavy atom. The molecule has 0 fully saturated rings. The molecule has 36 heavy (non-hydrogen) atoms. The molecule has 3 rings (SSSR count). The third-order valence-corrected chi connectivity index (χ3v) is 7.12. The van der Waals surface area contributed by atoms with E-state index in [2.05, 4.69) is 24.9 Å². The number of hydrogen-bond donors (Lipinski definition) is 1. The summed E-state index contributed by atoms with van der Waals surface area (Å²) in [6.07, 6.45) is 2.56. The Balaban J connectivity index is 2.05. The van der Waals surface area contributed by atoms with E-state index in [0.717, 1.165) is 6.42 Å². The predicted molar refractivity (Wildman–Crippen MR) is 133 cm³/mol. The Morgan fingerprint density at radius 1 is 1.08 bits per heavy atom. The average molecular weight is 541 g/mol. The molecule has 0 aliphatic carbocycles. The first kappa shape index (κ1) is 27.6. The molecule has 0 aliphatic rings. The number of nitrogens with zero attached hydrogens (tertiary/aromatic N) is 5. The number of para-hydroxylation sites is 1. The Bertz CT molecular complexity index is 1230. The summed E-state index contributed by atoms with van der Waals surface area (Å²) >= 11 is 5.86. The molecular formula is C22H29ClN6O6S. The second kappa shape index (κ2) is 12.3. The van der Waals surface area contributed by atoms with Crippen LogP contribution in [-0.4, -0.2) is 66.3 Å². The first-order valence-corrected chi connectivity index (χ1v) is 12.9. The van der Waals surface area contributed by atoms with E-state index in [9.17, 15) is 8.42 Å². The van der Waals surface area contributed by atoms with Crippen molar-refractivity contribution in [1.82, 2.24) is 24.7 Å². The van der Waals surface area contributed by atoms with Gasteiger partial charge in [-0.3, -0.25) is 9.29 Å². The summed E-state index contributed by atoms with van der Waals surface area (Å²) in [4.78, 5) is 8.21. The van der Waals surface area contributed by atoms with Gasteiger partial charge in [-0.25, -0.2) is 18.4 Å². The number of halogens is 1. The maximum absolute atomic E-state index is 13.5. The lowest BCUT2D eigenvalue weighted by Gasteiger charge is -2.22. The molecule has 2 unspecified atom stereocenters. The molecule has 0 aliphatic heterocycles. The zero-order valence-electron chi connectivity index (χ0n) is 20.6. The third-order valence-electron chi connectivity index (χ3n) is 5.23. The number of methoxy groups -OCH3 is 3. The lowest BCUT2D eigenvalue weighted by atomic mass is 10.2. The highest BCUT2D eigenvalue weighted by Gasteiger charge is 2.35. The van der Waals surface area contributed by atoms with Gasteiger partial charge in [-0.15, -0.1) is 10.2 Å². The van der Waals surface area contributed by atoms with E-state index in [-0.39, 0.29) is 18.4 Å². The number of hydrogen-bond acceptors (Lipinski definition) is 10. The fourth-order valence-corrected chi connectivity index (χ4v) is 4.66. The normalized spacial score (nSPS) is 13.3. The van der Waals surface area contributed by atoms with Crippen molar-refractivity contribution in [2.45, 2.75) is 38.2 Å². The van der Waals surface area contributed by atoms with E-state index in [1.807, 2.05) is 6.92 Å². The Hall–Kier alpha value is -3.00. The monoisotopic (exact) mass is 540 g/mol. The minimum atomic E-state index is -4.10. The smallest absolute Gasteiger partial charge is 0.243 e. The van der Waals surface area contributed by atoms with Gasteiger partial charge in [0.15, 0.2) is 11.6 Å². The van der Waals surface area contributed by atoms with Crippen LogP contribution in [0.5, 0.6) is 11.5 Å². The highest BCUT2D eigenvalue weighted by Crippen LogP contribution is 2.36. The number of anilines is 1. The van der Waals surface area contributed by atoms with Gasteiger partial charge >= 0.3 is 0 Å². The largest absolute Gasteiger partial charge is 0.494 e. The minimum absolute atomic E-state index is 0.0772. The molecule has 196 valence electrons. The van der Waals surface area contributed by atoms with Crippen LogP contribution in [0.4, 0.5) is 5.95 Å². The second-order valence-corrected chi connectivity index (χ2v) is 10.1. The highest BCUT2D eigenvalue weighted by molar-refractivity contribution is 7.93. The van der Waals surface area contributed by atoms with Gasteiger partial charge in [0, 0.05) is 26.1 Å². The summed E-state index contributed by atoms with van der Waals surface area (Å²) in [7, 11) is 0.271. The molecule has 0 radical (unpaired) electrons. The van der Waals surface area contributed by atoms with Crippen molar-refractivity contribution >= 4 is 27.6 Å². The number of rotatable bonds is 13. The third kappa shape index (κ3) is 6.03. The van der Waals surface area contributed by atoms with Gasteiger partial charge in [0.1, 0.15) is 35.1 Å². The van der Waals surface area contributed by atoms with E-state index >= 15 is 0 Å². The van der Waals surface area contributed by atoms with E-state index < -0.39 is 21.4 Å². The van der Waals surface area contributed by atoms with Gasteiger partial charge in [-0.05, 0) is 25.5 Å². The average Bonchev–Trinajstić information content (AvgIpc) is 3.25. The van der Waals surface area contributed by atoms with Crippen LogP contribution >= 0.6 is 11.6 Å². The van der Waals surface area contributed by atoms with E-state index in [1.165, 1.54) is 45.2 Å². The molecule has 0 bridgehead atoms. The van der Waals surface area contributed by atoms with Crippen LogP contribution in [0.3, 0.4) is 0 Å². The van der Waals surface area contributed by atoms with Crippen molar-refractivity contribution < 1.29 is 27.4 Å². The van der Waals surface area contributed by atoms with Gasteiger partial charge in [0.05, 0.1) is 19.2 Å². The molecule has 0 spiro atoms. The molecule has 1 N–H and O–H groups in total. The summed E-state index contributed by atoms with van der Waals surface area (Å²) in [5, 5.41) is 7.47. The Labute approximate surface area is 215 Å². The van der Waals surface area contributed by atoms with Gasteiger partial charge in [0.2, 0.25) is 16.0 Å². The molecule has 2 aromatic heterocycles. The number of ether oxygens (including phenoxy) is 4. The maximum atomic E-state index is 13.5. The van der Waals surface area contributed by atoms with Crippen LogP contribution in [0.15, 0.2) is 30.6 Å². The molecule has 0 amide bonds. The topological polar surface area (TPSA) is 140 Å². The van der Waals surface area contributed by atoms with Crippen LogP contribution in [-0.2, 0) is 26.1 Å². The van der Waals surface area contributed by atoms with Gasteiger partial charge in [0.25, 0.3) is 0 Å². The number of nitrogens with one attached hydrogen (secondary N) is 1. The van der Waals surface area contributed by atoms with Crippen molar-refractivity contribution in [3.63, 3.8) is 0 Å². The van der Waals surface area contributed by atoms with Crippen molar-refractivity contribution in [1.29, 1.82) is 0 Å². The quantitative estimate of drug-likeness (QED) is 0.321. The van der Waals surface area contributed by atoms with E-state index in [1.54, 1.807) is 18.2 Å². The molecule has 0 saturated heterocycles. The fraction of sp³-hybridized carbons (Fsp3) is 0.455. The first-order chi connectivity index (χ1) is 17.3. The molecule has 2 atom stereocenters. The summed E-state index contributed by atoms with van der Waals surface area (Å²) in [6, 6.07) is 5.18. The Kier molecular flexibility index (Phi) is 9.43. The number of benzene rings is 1. The molecular weight excluding hydrogens is 512 g/mol. The molecule has 0 saturated carbocycles.